The molecule has 1 atom stereocenters. The molecule has 0 bridgehead atoms. The van der Waals surface area contributed by atoms with Crippen molar-refractivity contribution >= 4 is 35.8 Å². The lowest BCUT2D eigenvalue weighted by Crippen LogP contribution is -2.38. The minimum Gasteiger partial charge on any atom is -0.374 e. The molecule has 0 saturated heterocycles. The third kappa shape index (κ3) is 10.1. The third-order valence-corrected chi connectivity index (χ3v) is 4.54. The number of guanidine groups is 1. The Morgan fingerprint density at radius 1 is 1.00 bits per heavy atom. The molecule has 0 heterocycles. The number of hydrogen-bond donors (Lipinski definition) is 3. The van der Waals surface area contributed by atoms with E-state index in [1.807, 2.05) is 56.3 Å². The standard InChI is InChI=1S/C24H34N4O2.HI/c1-4-25-23(29)22-14-9-11-20(17-22)18-28-24(26-5-2)27-15-10-16-30-19(3)21-12-7-6-8-13-21;/h6-9,11-14,17,19H,4-5,10,15-16,18H2,1-3H3,(H,25,29)(H2,26,27,28);1H. The molecular formula is C24H35IN4O2. The summed E-state index contributed by atoms with van der Waals surface area (Å²) in [5.41, 5.74) is 2.85. The van der Waals surface area contributed by atoms with Crippen molar-refractivity contribution in [1.29, 1.82) is 0 Å². The minimum atomic E-state index is -0.0573. The predicted molar refractivity (Wildman–Crippen MR) is 138 cm³/mol. The summed E-state index contributed by atoms with van der Waals surface area (Å²) in [7, 11) is 0. The maximum atomic E-state index is 12.0. The third-order valence-electron chi connectivity index (χ3n) is 4.54. The molecule has 0 aliphatic rings. The van der Waals surface area contributed by atoms with Crippen LogP contribution in [-0.4, -0.2) is 38.1 Å². The van der Waals surface area contributed by atoms with Crippen LogP contribution >= 0.6 is 24.0 Å². The molecule has 1 amide bonds. The zero-order valence-corrected chi connectivity index (χ0v) is 21.0. The molecule has 7 heteroatoms. The average Bonchev–Trinajstić information content (AvgIpc) is 2.78. The summed E-state index contributed by atoms with van der Waals surface area (Å²) in [6.45, 7) is 9.37. The van der Waals surface area contributed by atoms with Gasteiger partial charge in [-0.3, -0.25) is 4.79 Å². The fraction of sp³-hybridized carbons (Fsp3) is 0.417. The molecule has 0 spiro atoms. The van der Waals surface area contributed by atoms with Gasteiger partial charge in [-0.25, -0.2) is 4.99 Å². The lowest BCUT2D eigenvalue weighted by Gasteiger charge is -2.15. The van der Waals surface area contributed by atoms with Gasteiger partial charge in [0.25, 0.3) is 5.91 Å². The van der Waals surface area contributed by atoms with Crippen LogP contribution in [0.1, 0.15) is 54.8 Å². The Kier molecular flexibility index (Phi) is 13.6. The fourth-order valence-electron chi connectivity index (χ4n) is 2.94. The molecule has 0 radical (unpaired) electrons. The molecule has 31 heavy (non-hydrogen) atoms. The van der Waals surface area contributed by atoms with Crippen molar-refractivity contribution in [3.63, 3.8) is 0 Å². The van der Waals surface area contributed by atoms with E-state index < -0.39 is 0 Å². The van der Waals surface area contributed by atoms with Crippen LogP contribution in [0.3, 0.4) is 0 Å². The van der Waals surface area contributed by atoms with Gasteiger partial charge >= 0.3 is 0 Å². The van der Waals surface area contributed by atoms with Gasteiger partial charge in [0.1, 0.15) is 0 Å². The molecule has 6 nitrogen and oxygen atoms in total. The molecule has 0 aromatic heterocycles. The Hall–Kier alpha value is -2.13. The van der Waals surface area contributed by atoms with Crippen LogP contribution in [0.25, 0.3) is 0 Å². The predicted octanol–water partition coefficient (Wildman–Crippen LogP) is 4.28. The van der Waals surface area contributed by atoms with Crippen LogP contribution in [0, 0.1) is 0 Å². The zero-order valence-electron chi connectivity index (χ0n) is 18.7. The minimum absolute atomic E-state index is 0. The van der Waals surface area contributed by atoms with Crippen LogP contribution in [0.15, 0.2) is 59.6 Å². The van der Waals surface area contributed by atoms with Crippen molar-refractivity contribution in [3.8, 4) is 0 Å². The van der Waals surface area contributed by atoms with Crippen molar-refractivity contribution in [2.45, 2.75) is 39.8 Å². The van der Waals surface area contributed by atoms with Crippen molar-refractivity contribution in [3.05, 3.63) is 71.3 Å². The van der Waals surface area contributed by atoms with E-state index in [2.05, 4.69) is 40.0 Å². The van der Waals surface area contributed by atoms with Gasteiger partial charge in [-0.1, -0.05) is 42.5 Å². The summed E-state index contributed by atoms with van der Waals surface area (Å²) in [6, 6.07) is 17.8. The molecule has 0 fully saturated rings. The Morgan fingerprint density at radius 3 is 2.45 bits per heavy atom. The van der Waals surface area contributed by atoms with Gasteiger partial charge in [0.05, 0.1) is 12.6 Å². The highest BCUT2D eigenvalue weighted by molar-refractivity contribution is 14.0. The Balaban J connectivity index is 0.00000480. The van der Waals surface area contributed by atoms with Gasteiger partial charge in [0, 0.05) is 31.8 Å². The van der Waals surface area contributed by atoms with Crippen molar-refractivity contribution in [2.24, 2.45) is 4.99 Å². The lowest BCUT2D eigenvalue weighted by atomic mass is 10.1. The van der Waals surface area contributed by atoms with E-state index in [4.69, 9.17) is 4.74 Å². The summed E-state index contributed by atoms with van der Waals surface area (Å²) in [4.78, 5) is 16.6. The topological polar surface area (TPSA) is 74.8 Å². The summed E-state index contributed by atoms with van der Waals surface area (Å²) >= 11 is 0. The first-order valence-corrected chi connectivity index (χ1v) is 10.7. The largest absolute Gasteiger partial charge is 0.374 e. The highest BCUT2D eigenvalue weighted by atomic mass is 127. The molecular weight excluding hydrogens is 503 g/mol. The van der Waals surface area contributed by atoms with Crippen molar-refractivity contribution in [2.75, 3.05) is 26.2 Å². The van der Waals surface area contributed by atoms with Gasteiger partial charge in [0.2, 0.25) is 0 Å². The SMILES string of the molecule is CCNC(=O)c1cccc(CN=C(NCC)NCCCOC(C)c2ccccc2)c1.I. The molecule has 0 aliphatic heterocycles. The summed E-state index contributed by atoms with van der Waals surface area (Å²) in [6.07, 6.45) is 0.971. The first kappa shape index (κ1) is 26.9. The second-order valence-electron chi connectivity index (χ2n) is 6.96. The second kappa shape index (κ2) is 15.6. The van der Waals surface area contributed by atoms with E-state index in [0.29, 0.717) is 25.3 Å². The molecule has 2 aromatic carbocycles. The number of amides is 1. The smallest absolute Gasteiger partial charge is 0.251 e. The van der Waals surface area contributed by atoms with Crippen LogP contribution < -0.4 is 16.0 Å². The van der Waals surface area contributed by atoms with E-state index in [1.165, 1.54) is 5.56 Å². The highest BCUT2D eigenvalue weighted by Gasteiger charge is 2.06. The van der Waals surface area contributed by atoms with Crippen LogP contribution in [0.4, 0.5) is 0 Å². The summed E-state index contributed by atoms with van der Waals surface area (Å²) < 4.78 is 5.92. The summed E-state index contributed by atoms with van der Waals surface area (Å²) in [5.74, 6) is 0.704. The number of halogens is 1. The maximum absolute atomic E-state index is 12.0. The highest BCUT2D eigenvalue weighted by Crippen LogP contribution is 2.15. The van der Waals surface area contributed by atoms with Gasteiger partial charge in [0.15, 0.2) is 5.96 Å². The molecule has 2 rings (SSSR count). The molecule has 170 valence electrons. The monoisotopic (exact) mass is 538 g/mol. The first-order chi connectivity index (χ1) is 14.6. The summed E-state index contributed by atoms with van der Waals surface area (Å²) in [5, 5.41) is 9.42. The number of hydrogen-bond acceptors (Lipinski definition) is 3. The van der Waals surface area contributed by atoms with E-state index in [0.717, 1.165) is 31.0 Å². The number of aliphatic imine (C=N–C) groups is 1. The van der Waals surface area contributed by atoms with Gasteiger partial charge in [-0.05, 0) is 50.5 Å². The number of benzene rings is 2. The Morgan fingerprint density at radius 2 is 1.74 bits per heavy atom. The quantitative estimate of drug-likeness (QED) is 0.173. The van der Waals surface area contributed by atoms with Crippen LogP contribution in [-0.2, 0) is 11.3 Å². The fourth-order valence-corrected chi connectivity index (χ4v) is 2.94. The van der Waals surface area contributed by atoms with Gasteiger partial charge < -0.3 is 20.7 Å². The van der Waals surface area contributed by atoms with E-state index >= 15 is 0 Å². The number of carbonyl (C=O) groups excluding carboxylic acids is 1. The van der Waals surface area contributed by atoms with E-state index in [9.17, 15) is 4.79 Å². The first-order valence-electron chi connectivity index (χ1n) is 10.7. The maximum Gasteiger partial charge on any atom is 0.251 e. The number of carbonyl (C=O) groups is 1. The molecule has 3 N–H and O–H groups in total. The van der Waals surface area contributed by atoms with E-state index in [-0.39, 0.29) is 36.0 Å². The molecule has 0 saturated carbocycles. The Bertz CT molecular complexity index is 799. The number of nitrogens with one attached hydrogen (secondary N) is 3. The van der Waals surface area contributed by atoms with Crippen LogP contribution in [0.5, 0.6) is 0 Å². The molecule has 0 aliphatic carbocycles. The molecule has 2 aromatic rings. The van der Waals surface area contributed by atoms with E-state index in [1.54, 1.807) is 0 Å². The zero-order chi connectivity index (χ0) is 21.6. The number of nitrogens with zero attached hydrogens (tertiary/aromatic N) is 1. The van der Waals surface area contributed by atoms with Crippen molar-refractivity contribution in [1.82, 2.24) is 16.0 Å². The second-order valence-corrected chi connectivity index (χ2v) is 6.96. The number of ether oxygens (including phenoxy) is 1. The Labute approximate surface area is 203 Å². The average molecular weight is 538 g/mol. The van der Waals surface area contributed by atoms with Crippen LogP contribution in [0.2, 0.25) is 0 Å². The lowest BCUT2D eigenvalue weighted by molar-refractivity contribution is 0.0646. The normalized spacial score (nSPS) is 11.9. The van der Waals surface area contributed by atoms with Gasteiger partial charge in [-0.15, -0.1) is 24.0 Å². The van der Waals surface area contributed by atoms with Crippen molar-refractivity contribution < 1.29 is 9.53 Å². The van der Waals surface area contributed by atoms with Gasteiger partial charge in [-0.2, -0.15) is 0 Å². The molecule has 1 unspecified atom stereocenters. The number of rotatable bonds is 11.